The van der Waals surface area contributed by atoms with E-state index in [0.29, 0.717) is 5.92 Å². The lowest BCUT2D eigenvalue weighted by atomic mass is 9.80. The number of nitrogens with zero attached hydrogens (tertiary/aromatic N) is 1. The maximum absolute atomic E-state index is 2.48. The molecule has 0 heterocycles. The van der Waals surface area contributed by atoms with Crippen molar-refractivity contribution in [2.75, 3.05) is 19.0 Å². The summed E-state index contributed by atoms with van der Waals surface area (Å²) in [5, 5.41) is 0. The van der Waals surface area contributed by atoms with E-state index in [1.807, 2.05) is 0 Å². The van der Waals surface area contributed by atoms with Gasteiger partial charge in [0.25, 0.3) is 0 Å². The van der Waals surface area contributed by atoms with Gasteiger partial charge in [0.2, 0.25) is 0 Å². The molecule has 4 rings (SSSR count). The van der Waals surface area contributed by atoms with Gasteiger partial charge in [-0.1, -0.05) is 75.4 Å². The second-order valence-corrected chi connectivity index (χ2v) is 8.85. The van der Waals surface area contributed by atoms with Crippen LogP contribution in [0.15, 0.2) is 66.7 Å². The van der Waals surface area contributed by atoms with Gasteiger partial charge in [-0.05, 0) is 64.3 Å². The van der Waals surface area contributed by atoms with Crippen molar-refractivity contribution in [3.05, 3.63) is 89.0 Å². The Morgan fingerprint density at radius 3 is 2.18 bits per heavy atom. The van der Waals surface area contributed by atoms with Gasteiger partial charge in [0.1, 0.15) is 0 Å². The number of anilines is 1. The Morgan fingerprint density at radius 1 is 0.821 bits per heavy atom. The van der Waals surface area contributed by atoms with E-state index < -0.39 is 0 Å². The van der Waals surface area contributed by atoms with Gasteiger partial charge in [-0.3, -0.25) is 0 Å². The van der Waals surface area contributed by atoms with Gasteiger partial charge < -0.3 is 4.90 Å². The van der Waals surface area contributed by atoms with E-state index in [9.17, 15) is 0 Å². The summed E-state index contributed by atoms with van der Waals surface area (Å²) >= 11 is 0. The summed E-state index contributed by atoms with van der Waals surface area (Å²) in [6.07, 6.45) is 2.25. The first-order chi connectivity index (χ1) is 13.4. The Morgan fingerprint density at radius 2 is 1.50 bits per heavy atom. The van der Waals surface area contributed by atoms with Crippen LogP contribution in [0.25, 0.3) is 11.1 Å². The topological polar surface area (TPSA) is 3.24 Å². The summed E-state index contributed by atoms with van der Waals surface area (Å²) in [5.74, 6) is 0.551. The lowest BCUT2D eigenvalue weighted by molar-refractivity contribution is 0.640. The van der Waals surface area contributed by atoms with Crippen molar-refractivity contribution < 1.29 is 0 Å². The molecule has 0 bridgehead atoms. The molecular formula is C27H31N. The maximum Gasteiger partial charge on any atom is 0.0361 e. The highest BCUT2D eigenvalue weighted by Gasteiger charge is 2.35. The predicted molar refractivity (Wildman–Crippen MR) is 122 cm³/mol. The second kappa shape index (κ2) is 7.13. The molecule has 28 heavy (non-hydrogen) atoms. The molecular weight excluding hydrogens is 338 g/mol. The molecule has 0 amide bonds. The minimum Gasteiger partial charge on any atom is -0.378 e. The molecule has 0 saturated carbocycles. The first-order valence-corrected chi connectivity index (χ1v) is 10.4. The fraction of sp³-hybridized carbons (Fsp3) is 0.333. The van der Waals surface area contributed by atoms with E-state index in [1.165, 1.54) is 39.1 Å². The van der Waals surface area contributed by atoms with Crippen molar-refractivity contribution in [3.8, 4) is 11.1 Å². The highest BCUT2D eigenvalue weighted by Crippen LogP contribution is 2.49. The minimum absolute atomic E-state index is 0.0770. The Bertz CT molecular complexity index is 979. The van der Waals surface area contributed by atoms with Gasteiger partial charge in [0, 0.05) is 25.2 Å². The van der Waals surface area contributed by atoms with Crippen LogP contribution < -0.4 is 4.90 Å². The van der Waals surface area contributed by atoms with Crippen LogP contribution in [0.4, 0.5) is 5.69 Å². The third-order valence-electron chi connectivity index (χ3n) is 6.51. The van der Waals surface area contributed by atoms with Gasteiger partial charge in [-0.2, -0.15) is 0 Å². The van der Waals surface area contributed by atoms with E-state index in [4.69, 9.17) is 0 Å². The molecule has 3 aromatic carbocycles. The van der Waals surface area contributed by atoms with E-state index in [0.717, 1.165) is 12.8 Å². The maximum atomic E-state index is 2.48. The molecule has 0 saturated heterocycles. The highest BCUT2D eigenvalue weighted by atomic mass is 15.1. The van der Waals surface area contributed by atoms with Crippen molar-refractivity contribution in [1.29, 1.82) is 0 Å². The fourth-order valence-electron chi connectivity index (χ4n) is 4.69. The molecule has 0 N–H and O–H groups in total. The average Bonchev–Trinajstić information content (AvgIpc) is 2.94. The third kappa shape index (κ3) is 3.13. The van der Waals surface area contributed by atoms with Crippen molar-refractivity contribution in [3.63, 3.8) is 0 Å². The molecule has 1 aliphatic carbocycles. The van der Waals surface area contributed by atoms with Crippen molar-refractivity contribution in [1.82, 2.24) is 0 Å². The number of fused-ring (bicyclic) bond motifs is 3. The first-order valence-electron chi connectivity index (χ1n) is 10.4. The van der Waals surface area contributed by atoms with Gasteiger partial charge in [0.05, 0.1) is 0 Å². The third-order valence-corrected chi connectivity index (χ3v) is 6.51. The smallest absolute Gasteiger partial charge is 0.0361 e. The minimum atomic E-state index is 0.0770. The molecule has 0 aromatic heterocycles. The van der Waals surface area contributed by atoms with Gasteiger partial charge in [0.15, 0.2) is 0 Å². The summed E-state index contributed by atoms with van der Waals surface area (Å²) in [4.78, 5) is 2.15. The first kappa shape index (κ1) is 18.8. The molecule has 0 aliphatic heterocycles. The number of hydrogen-bond donors (Lipinski definition) is 0. The summed E-state index contributed by atoms with van der Waals surface area (Å²) in [5.41, 5.74) is 9.97. The molecule has 0 spiro atoms. The second-order valence-electron chi connectivity index (χ2n) is 8.85. The standard InChI is InChI=1S/C27H31N/c1-6-20(17-19-11-14-22(15-12-19)28(4)5)21-13-16-24-23-9-7-8-10-25(23)27(2,3)26(24)18-21/h7-16,18,20H,6,17H2,1-5H3. The molecule has 1 unspecified atom stereocenters. The Labute approximate surface area is 170 Å². The van der Waals surface area contributed by atoms with Crippen LogP contribution >= 0.6 is 0 Å². The zero-order chi connectivity index (χ0) is 19.9. The van der Waals surface area contributed by atoms with Crippen LogP contribution in [0.1, 0.15) is 55.4 Å². The van der Waals surface area contributed by atoms with Gasteiger partial charge in [-0.25, -0.2) is 0 Å². The molecule has 0 radical (unpaired) electrons. The Kier molecular flexibility index (Phi) is 4.79. The van der Waals surface area contributed by atoms with Crippen molar-refractivity contribution in [2.24, 2.45) is 0 Å². The van der Waals surface area contributed by atoms with Crippen molar-refractivity contribution >= 4 is 5.69 Å². The fourth-order valence-corrected chi connectivity index (χ4v) is 4.69. The average molecular weight is 370 g/mol. The largest absolute Gasteiger partial charge is 0.378 e. The summed E-state index contributed by atoms with van der Waals surface area (Å²) in [6.45, 7) is 7.04. The molecule has 1 atom stereocenters. The predicted octanol–water partition coefficient (Wildman–Crippen LogP) is 6.80. The van der Waals surface area contributed by atoms with Crippen LogP contribution in [0.5, 0.6) is 0 Å². The monoisotopic (exact) mass is 369 g/mol. The molecule has 1 nitrogen and oxygen atoms in total. The molecule has 1 heteroatoms. The zero-order valence-electron chi connectivity index (χ0n) is 17.8. The van der Waals surface area contributed by atoms with Gasteiger partial charge >= 0.3 is 0 Å². The van der Waals surface area contributed by atoms with Crippen molar-refractivity contribution in [2.45, 2.75) is 44.9 Å². The molecule has 144 valence electrons. The van der Waals surface area contributed by atoms with Crippen LogP contribution in [0.3, 0.4) is 0 Å². The van der Waals surface area contributed by atoms with E-state index in [1.54, 1.807) is 0 Å². The highest BCUT2D eigenvalue weighted by molar-refractivity contribution is 5.80. The molecule has 3 aromatic rings. The number of benzene rings is 3. The molecule has 1 aliphatic rings. The van der Waals surface area contributed by atoms with Crippen LogP contribution in [-0.2, 0) is 11.8 Å². The lowest BCUT2D eigenvalue weighted by Gasteiger charge is -2.24. The SMILES string of the molecule is CCC(Cc1ccc(N(C)C)cc1)c1ccc2c(c1)C(C)(C)c1ccccc1-2. The van der Waals surface area contributed by atoms with Gasteiger partial charge in [-0.15, -0.1) is 0 Å². The summed E-state index contributed by atoms with van der Waals surface area (Å²) in [6, 6.07) is 25.1. The quantitative estimate of drug-likeness (QED) is 0.478. The van der Waals surface area contributed by atoms with E-state index in [2.05, 4.69) is 106 Å². The Hall–Kier alpha value is -2.54. The van der Waals surface area contributed by atoms with E-state index >= 15 is 0 Å². The molecule has 0 fully saturated rings. The van der Waals surface area contributed by atoms with Crippen LogP contribution in [-0.4, -0.2) is 14.1 Å². The van der Waals surface area contributed by atoms with E-state index in [-0.39, 0.29) is 5.41 Å². The zero-order valence-corrected chi connectivity index (χ0v) is 17.8. The van der Waals surface area contributed by atoms with Crippen LogP contribution in [0, 0.1) is 0 Å². The lowest BCUT2D eigenvalue weighted by Crippen LogP contribution is -2.15. The number of hydrogen-bond acceptors (Lipinski definition) is 1. The summed E-state index contributed by atoms with van der Waals surface area (Å²) < 4.78 is 0. The Balaban J connectivity index is 1.65. The normalized spacial score (nSPS) is 15.0. The summed E-state index contributed by atoms with van der Waals surface area (Å²) in [7, 11) is 4.18. The number of rotatable bonds is 5. The van der Waals surface area contributed by atoms with Crippen LogP contribution in [0.2, 0.25) is 0 Å².